The maximum atomic E-state index is 12.7. The van der Waals surface area contributed by atoms with Gasteiger partial charge in [0, 0.05) is 18.2 Å². The van der Waals surface area contributed by atoms with Crippen molar-refractivity contribution in [2.24, 2.45) is 0 Å². The van der Waals surface area contributed by atoms with E-state index in [0.29, 0.717) is 11.1 Å². The Kier molecular flexibility index (Phi) is 4.43. The van der Waals surface area contributed by atoms with Crippen LogP contribution in [-0.4, -0.2) is 23.4 Å². The number of likely N-dealkylation sites (tertiary alicyclic amines) is 1. The van der Waals surface area contributed by atoms with Crippen molar-refractivity contribution in [3.8, 4) is 6.07 Å². The fourth-order valence-electron chi connectivity index (χ4n) is 3.16. The van der Waals surface area contributed by atoms with Crippen LogP contribution in [0.2, 0.25) is 0 Å². The average molecular weight is 304 g/mol. The molecule has 3 nitrogen and oxygen atoms in total. The summed E-state index contributed by atoms with van der Waals surface area (Å²) in [4.78, 5) is 14.7. The van der Waals surface area contributed by atoms with Crippen LogP contribution in [0.4, 0.5) is 0 Å². The van der Waals surface area contributed by atoms with E-state index in [1.807, 2.05) is 4.90 Å². The Labute approximate surface area is 137 Å². The van der Waals surface area contributed by atoms with Gasteiger partial charge in [0.05, 0.1) is 11.6 Å². The van der Waals surface area contributed by atoms with E-state index in [1.165, 1.54) is 11.1 Å². The molecule has 0 bridgehead atoms. The molecule has 0 spiro atoms. The zero-order valence-electron chi connectivity index (χ0n) is 13.3. The van der Waals surface area contributed by atoms with Crippen LogP contribution in [-0.2, 0) is 6.42 Å². The number of hydrogen-bond donors (Lipinski definition) is 0. The molecule has 2 aromatic rings. The third kappa shape index (κ3) is 3.43. The summed E-state index contributed by atoms with van der Waals surface area (Å²) in [5, 5.41) is 8.86. The highest BCUT2D eigenvalue weighted by Gasteiger charge is 2.29. The molecule has 1 aliphatic rings. The minimum atomic E-state index is 0.0732. The van der Waals surface area contributed by atoms with Gasteiger partial charge < -0.3 is 4.90 Å². The molecule has 0 N–H and O–H groups in total. The Hall–Kier alpha value is -2.60. The van der Waals surface area contributed by atoms with Crippen LogP contribution >= 0.6 is 0 Å². The third-order valence-electron chi connectivity index (χ3n) is 4.49. The molecule has 0 saturated carbocycles. The van der Waals surface area contributed by atoms with E-state index < -0.39 is 0 Å². The lowest BCUT2D eigenvalue weighted by Gasteiger charge is -2.25. The van der Waals surface area contributed by atoms with Crippen LogP contribution in [0.5, 0.6) is 0 Å². The van der Waals surface area contributed by atoms with Gasteiger partial charge in [-0.05, 0) is 56.0 Å². The van der Waals surface area contributed by atoms with E-state index in [2.05, 4.69) is 37.3 Å². The third-order valence-corrected chi connectivity index (χ3v) is 4.49. The van der Waals surface area contributed by atoms with Crippen molar-refractivity contribution in [2.75, 3.05) is 6.54 Å². The monoisotopic (exact) mass is 304 g/mol. The van der Waals surface area contributed by atoms with E-state index in [0.717, 1.165) is 25.8 Å². The molecular weight excluding hydrogens is 284 g/mol. The molecule has 116 valence electrons. The molecule has 1 fully saturated rings. The Bertz CT molecular complexity index is 726. The number of amides is 1. The number of rotatable bonds is 3. The van der Waals surface area contributed by atoms with Gasteiger partial charge in [0.25, 0.3) is 5.91 Å². The van der Waals surface area contributed by atoms with Crippen molar-refractivity contribution < 1.29 is 4.79 Å². The minimum absolute atomic E-state index is 0.0732. The highest BCUT2D eigenvalue weighted by Crippen LogP contribution is 2.23. The van der Waals surface area contributed by atoms with Gasteiger partial charge in [0.2, 0.25) is 0 Å². The van der Waals surface area contributed by atoms with Gasteiger partial charge in [-0.3, -0.25) is 4.79 Å². The zero-order chi connectivity index (χ0) is 16.2. The molecule has 1 unspecified atom stereocenters. The summed E-state index contributed by atoms with van der Waals surface area (Å²) in [5.41, 5.74) is 3.78. The van der Waals surface area contributed by atoms with Gasteiger partial charge in [-0.25, -0.2) is 0 Å². The number of benzene rings is 2. The summed E-state index contributed by atoms with van der Waals surface area (Å²) in [6.07, 6.45) is 3.01. The van der Waals surface area contributed by atoms with Crippen molar-refractivity contribution in [3.63, 3.8) is 0 Å². The molecule has 0 aromatic heterocycles. The first-order valence-corrected chi connectivity index (χ1v) is 8.04. The van der Waals surface area contributed by atoms with E-state index in [4.69, 9.17) is 5.26 Å². The van der Waals surface area contributed by atoms with Crippen LogP contribution in [0.3, 0.4) is 0 Å². The molecule has 2 aromatic carbocycles. The van der Waals surface area contributed by atoms with Crippen LogP contribution in [0, 0.1) is 18.3 Å². The van der Waals surface area contributed by atoms with Crippen molar-refractivity contribution in [2.45, 2.75) is 32.2 Å². The highest BCUT2D eigenvalue weighted by atomic mass is 16.2. The van der Waals surface area contributed by atoms with Crippen molar-refractivity contribution >= 4 is 5.91 Å². The first-order chi connectivity index (χ1) is 11.2. The lowest BCUT2D eigenvalue weighted by molar-refractivity contribution is 0.0736. The van der Waals surface area contributed by atoms with E-state index >= 15 is 0 Å². The maximum absolute atomic E-state index is 12.7. The van der Waals surface area contributed by atoms with Crippen molar-refractivity contribution in [1.82, 2.24) is 4.90 Å². The molecule has 1 amide bonds. The van der Waals surface area contributed by atoms with Crippen molar-refractivity contribution in [3.05, 3.63) is 70.8 Å². The number of hydrogen-bond acceptors (Lipinski definition) is 2. The Morgan fingerprint density at radius 1 is 1.17 bits per heavy atom. The zero-order valence-corrected chi connectivity index (χ0v) is 13.3. The fourth-order valence-corrected chi connectivity index (χ4v) is 3.16. The number of carbonyl (C=O) groups is 1. The second-order valence-corrected chi connectivity index (χ2v) is 6.17. The predicted molar refractivity (Wildman–Crippen MR) is 90.1 cm³/mol. The van der Waals surface area contributed by atoms with Gasteiger partial charge in [-0.1, -0.05) is 29.8 Å². The normalized spacial score (nSPS) is 17.0. The maximum Gasteiger partial charge on any atom is 0.254 e. The Balaban J connectivity index is 1.73. The van der Waals surface area contributed by atoms with E-state index in [1.54, 1.807) is 24.3 Å². The van der Waals surface area contributed by atoms with Crippen molar-refractivity contribution in [1.29, 1.82) is 5.26 Å². The van der Waals surface area contributed by atoms with Crippen LogP contribution in [0.1, 0.15) is 39.9 Å². The summed E-state index contributed by atoms with van der Waals surface area (Å²) in [7, 11) is 0. The van der Waals surface area contributed by atoms with Gasteiger partial charge in [0.1, 0.15) is 0 Å². The summed E-state index contributed by atoms with van der Waals surface area (Å²) < 4.78 is 0. The Morgan fingerprint density at radius 2 is 1.87 bits per heavy atom. The quantitative estimate of drug-likeness (QED) is 0.867. The molecule has 23 heavy (non-hydrogen) atoms. The topological polar surface area (TPSA) is 44.1 Å². The lowest BCUT2D eigenvalue weighted by atomic mass is 10.0. The largest absolute Gasteiger partial charge is 0.335 e. The lowest BCUT2D eigenvalue weighted by Crippen LogP contribution is -2.36. The molecular formula is C20H20N2O. The first kappa shape index (κ1) is 15.3. The van der Waals surface area contributed by atoms with Gasteiger partial charge in [-0.2, -0.15) is 5.26 Å². The Morgan fingerprint density at radius 3 is 2.52 bits per heavy atom. The van der Waals surface area contributed by atoms with Crippen LogP contribution < -0.4 is 0 Å². The molecule has 3 rings (SSSR count). The SMILES string of the molecule is Cc1ccc(CC2CCCN2C(=O)c2ccc(C#N)cc2)cc1. The molecule has 3 heteroatoms. The first-order valence-electron chi connectivity index (χ1n) is 8.04. The van der Waals surface area contributed by atoms with Crippen LogP contribution in [0.15, 0.2) is 48.5 Å². The van der Waals surface area contributed by atoms with E-state index in [9.17, 15) is 4.79 Å². The molecule has 1 heterocycles. The van der Waals surface area contributed by atoms with Crippen LogP contribution in [0.25, 0.3) is 0 Å². The summed E-state index contributed by atoms with van der Waals surface area (Å²) in [6.45, 7) is 2.90. The summed E-state index contributed by atoms with van der Waals surface area (Å²) >= 11 is 0. The second kappa shape index (κ2) is 6.66. The standard InChI is InChI=1S/C20H20N2O/c1-15-4-6-16(7-5-15)13-19-3-2-12-22(19)20(23)18-10-8-17(14-21)9-11-18/h4-11,19H,2-3,12-13H2,1H3. The number of aryl methyl sites for hydroxylation is 1. The summed E-state index contributed by atoms with van der Waals surface area (Å²) in [6, 6.07) is 17.8. The number of carbonyl (C=O) groups excluding carboxylic acids is 1. The molecule has 1 aliphatic heterocycles. The highest BCUT2D eigenvalue weighted by molar-refractivity contribution is 5.94. The minimum Gasteiger partial charge on any atom is -0.335 e. The average Bonchev–Trinajstić information content (AvgIpc) is 3.04. The molecule has 1 saturated heterocycles. The summed E-state index contributed by atoms with van der Waals surface area (Å²) in [5.74, 6) is 0.0732. The predicted octanol–water partition coefficient (Wildman–Crippen LogP) is 3.71. The smallest absolute Gasteiger partial charge is 0.254 e. The molecule has 0 radical (unpaired) electrons. The van der Waals surface area contributed by atoms with E-state index in [-0.39, 0.29) is 11.9 Å². The fraction of sp³-hybridized carbons (Fsp3) is 0.300. The van der Waals surface area contributed by atoms with Gasteiger partial charge in [0.15, 0.2) is 0 Å². The molecule has 0 aliphatic carbocycles. The number of nitrogens with zero attached hydrogens (tertiary/aromatic N) is 2. The number of nitriles is 1. The van der Waals surface area contributed by atoms with Gasteiger partial charge in [-0.15, -0.1) is 0 Å². The second-order valence-electron chi connectivity index (χ2n) is 6.17. The van der Waals surface area contributed by atoms with Gasteiger partial charge >= 0.3 is 0 Å². The molecule has 1 atom stereocenters.